The number of nitrogens with one attached hydrogen (secondary N) is 9. The van der Waals surface area contributed by atoms with Gasteiger partial charge in [0.15, 0.2) is 0 Å². The second kappa shape index (κ2) is 28.4. The minimum Gasteiger partial charge on any atom is -0.780 e. The number of hydrogen-bond donors (Lipinski definition) is 10. The van der Waals surface area contributed by atoms with E-state index in [-0.39, 0.29) is 18.4 Å². The summed E-state index contributed by atoms with van der Waals surface area (Å²) >= 11 is 0. The van der Waals surface area contributed by atoms with Crippen LogP contribution in [0.1, 0.15) is 85.4 Å². The van der Waals surface area contributed by atoms with Crippen molar-refractivity contribution in [1.29, 1.82) is 0 Å². The zero-order chi connectivity index (χ0) is 54.6. The molecule has 0 saturated carbocycles. The predicted molar refractivity (Wildman–Crippen MR) is 240 cm³/mol. The van der Waals surface area contributed by atoms with Crippen LogP contribution < -0.4 is 72.8 Å². The molecule has 28 nitrogen and oxygen atoms in total. The molecular formula is C43H60N11O17P-4. The lowest BCUT2D eigenvalue weighted by atomic mass is 9.96. The third kappa shape index (κ3) is 21.3. The molecule has 2 rings (SSSR count). The predicted octanol–water partition coefficient (Wildman–Crippen LogP) is -6.80. The molecule has 1 aromatic heterocycles. The summed E-state index contributed by atoms with van der Waals surface area (Å²) < 4.78 is 15.5. The van der Waals surface area contributed by atoms with Crippen LogP contribution in [0.25, 0.3) is 0 Å². The van der Waals surface area contributed by atoms with Crippen molar-refractivity contribution in [3.05, 3.63) is 48.0 Å². The number of phosphoric ester groups is 1. The number of carboxylic acids is 2. The first kappa shape index (κ1) is 60.7. The van der Waals surface area contributed by atoms with Crippen molar-refractivity contribution in [1.82, 2.24) is 52.5 Å². The molecule has 9 atom stereocenters. The minimum atomic E-state index is -5.50. The van der Waals surface area contributed by atoms with Gasteiger partial charge in [-0.2, -0.15) is 0 Å². The van der Waals surface area contributed by atoms with Crippen LogP contribution in [-0.4, -0.2) is 123 Å². The van der Waals surface area contributed by atoms with E-state index in [9.17, 15) is 77.3 Å². The average Bonchev–Trinajstić information content (AvgIpc) is 3.80. The largest absolute Gasteiger partial charge is 0.780 e. The fourth-order valence-electron chi connectivity index (χ4n) is 6.57. The maximum atomic E-state index is 14.2. The molecule has 0 aliphatic heterocycles. The second-order valence-corrected chi connectivity index (χ2v) is 18.1. The number of aromatic nitrogens is 2. The summed E-state index contributed by atoms with van der Waals surface area (Å²) in [7, 11) is -5.50. The summed E-state index contributed by atoms with van der Waals surface area (Å²) in [5.41, 5.74) is 5.78. The van der Waals surface area contributed by atoms with Crippen LogP contribution in [0.2, 0.25) is 0 Å². The highest BCUT2D eigenvalue weighted by Gasteiger charge is 2.36. The van der Waals surface area contributed by atoms with Crippen molar-refractivity contribution in [2.24, 2.45) is 17.6 Å². The van der Waals surface area contributed by atoms with Gasteiger partial charge in [0.1, 0.15) is 61.9 Å². The number of carboxylic acid groups (broad SMARTS) is 2. The van der Waals surface area contributed by atoms with Gasteiger partial charge in [0.05, 0.1) is 6.33 Å². The Morgan fingerprint density at radius 3 is 1.68 bits per heavy atom. The number of aliphatic carboxylic acids is 2. The lowest BCUT2D eigenvalue weighted by Crippen LogP contribution is -2.61. The lowest BCUT2D eigenvalue weighted by molar-refractivity contribution is -0.334. The van der Waals surface area contributed by atoms with Crippen LogP contribution in [-0.2, 0) is 70.1 Å². The summed E-state index contributed by atoms with van der Waals surface area (Å²) in [5.74, 6) is -14.2. The molecule has 0 aliphatic carbocycles. The van der Waals surface area contributed by atoms with Crippen LogP contribution in [0.15, 0.2) is 36.8 Å². The van der Waals surface area contributed by atoms with Gasteiger partial charge in [-0.3, -0.25) is 43.2 Å². The molecule has 0 saturated heterocycles. The van der Waals surface area contributed by atoms with Crippen LogP contribution in [0, 0.1) is 11.8 Å². The molecule has 72 heavy (non-hydrogen) atoms. The highest BCUT2D eigenvalue weighted by atomic mass is 31.2. The number of imidazole rings is 1. The normalized spacial score (nSPS) is 15.0. The van der Waals surface area contributed by atoms with Crippen LogP contribution in [0.5, 0.6) is 5.75 Å². The molecule has 2 aromatic rings. The number of hydrogen-bond acceptors (Lipinski definition) is 18. The smallest absolute Gasteiger partial charge is 0.243 e. The Hall–Kier alpha value is -7.45. The SMILES string of the molecule is CC[C@H](C)[C@H](NC(=O)[C@H](Cc1cnc[nH]1)NC(C)=O)C(=O)N[C@@H](Cc1ccc(OP(=O)([O-])[O-])cc1)C(=O)N[C@@H](CC(=O)[O-])C(=O)N[C@@H](CCC(=O)[O-])C(=O)N[C@H](C(=O)N[C@@H](C)C(=O)N[C@@H](C)C(N)=O)C(C)C. The van der Waals surface area contributed by atoms with E-state index in [1.165, 1.54) is 52.4 Å². The molecule has 0 bridgehead atoms. The Labute approximate surface area is 413 Å². The van der Waals surface area contributed by atoms with Gasteiger partial charge in [-0.05, 0) is 56.2 Å². The van der Waals surface area contributed by atoms with E-state index >= 15 is 0 Å². The van der Waals surface area contributed by atoms with E-state index in [4.69, 9.17) is 5.73 Å². The number of carbonyl (C=O) groups excluding carboxylic acids is 11. The molecule has 1 aromatic carbocycles. The molecule has 0 unspecified atom stereocenters. The molecule has 11 N–H and O–H groups in total. The molecule has 1 heterocycles. The number of phosphoric acid groups is 1. The number of amides is 9. The van der Waals surface area contributed by atoms with E-state index in [1.54, 1.807) is 13.8 Å². The van der Waals surface area contributed by atoms with Crippen molar-refractivity contribution < 1.29 is 81.8 Å². The maximum absolute atomic E-state index is 14.2. The standard InChI is InChI=1S/C43H64N11O17P/c1-8-21(4)35(54-41(65)30(49-24(7)55)16-26-18-45-19-46-26)43(67)52-29(15-25-9-11-27(12-10-25)71-72(68,69)70)39(63)51-31(17-33(58)59)40(64)50-28(13-14-32(56)57)38(62)53-34(20(2)3)42(66)48-23(6)37(61)47-22(5)36(44)60/h9-12,18-23,28-31,34-35H,8,13-17H2,1-7H3,(H2,44,60)(H,45,46)(H,47,61)(H,48,66)(H,49,55)(H,50,64)(H,51,63)(H,52,67)(H,53,62)(H,54,65)(H,56,57)(H,58,59)(H2,68,69,70)/p-4/t21-,22-,23-,28-,29-,30-,31-,34-,35-/m0/s1. The first-order valence-electron chi connectivity index (χ1n) is 22.4. The number of aromatic amines is 1. The molecular weight excluding hydrogens is 974 g/mol. The van der Waals surface area contributed by atoms with Gasteiger partial charge in [0, 0.05) is 50.0 Å². The highest BCUT2D eigenvalue weighted by Crippen LogP contribution is 2.29. The van der Waals surface area contributed by atoms with E-state index < -0.39 is 165 Å². The monoisotopic (exact) mass is 1030 g/mol. The summed E-state index contributed by atoms with van der Waals surface area (Å²) in [6.45, 7) is 9.98. The Balaban J connectivity index is 2.52. The van der Waals surface area contributed by atoms with E-state index in [2.05, 4.69) is 57.0 Å². The number of H-pyrrole nitrogens is 1. The number of benzene rings is 1. The Morgan fingerprint density at radius 2 is 1.17 bits per heavy atom. The molecule has 0 fully saturated rings. The van der Waals surface area contributed by atoms with Gasteiger partial charge in [0.2, 0.25) is 53.2 Å². The third-order valence-corrected chi connectivity index (χ3v) is 11.2. The van der Waals surface area contributed by atoms with Crippen LogP contribution >= 0.6 is 7.82 Å². The van der Waals surface area contributed by atoms with Gasteiger partial charge in [0.25, 0.3) is 0 Å². The van der Waals surface area contributed by atoms with Gasteiger partial charge in [-0.25, -0.2) is 4.98 Å². The van der Waals surface area contributed by atoms with Gasteiger partial charge >= 0.3 is 0 Å². The zero-order valence-corrected chi connectivity index (χ0v) is 41.3. The topological polar surface area (TPSA) is 457 Å². The van der Waals surface area contributed by atoms with Crippen LogP contribution in [0.3, 0.4) is 0 Å². The fourth-order valence-corrected chi connectivity index (χ4v) is 6.95. The second-order valence-electron chi connectivity index (χ2n) is 17.1. The molecule has 29 heteroatoms. The Kier molecular flexibility index (Phi) is 23.9. The number of primary amides is 1. The third-order valence-electron chi connectivity index (χ3n) is 10.7. The molecule has 398 valence electrons. The molecule has 0 aliphatic rings. The molecule has 9 amide bonds. The average molecular weight is 1030 g/mol. The summed E-state index contributed by atoms with van der Waals surface area (Å²) in [5, 5.41) is 42.4. The lowest BCUT2D eigenvalue weighted by Gasteiger charge is -2.30. The summed E-state index contributed by atoms with van der Waals surface area (Å²) in [4.78, 5) is 172. The fraction of sp³-hybridized carbons (Fsp3) is 0.535. The van der Waals surface area contributed by atoms with E-state index in [1.807, 2.05) is 0 Å². The van der Waals surface area contributed by atoms with Gasteiger partial charge in [-0.1, -0.05) is 46.2 Å². The minimum absolute atomic E-state index is 0.0794. The molecule has 0 radical (unpaired) electrons. The highest BCUT2D eigenvalue weighted by molar-refractivity contribution is 7.43. The Morgan fingerprint density at radius 1 is 0.653 bits per heavy atom. The van der Waals surface area contributed by atoms with E-state index in [0.717, 1.165) is 19.1 Å². The van der Waals surface area contributed by atoms with Crippen molar-refractivity contribution in [3.8, 4) is 5.75 Å². The first-order chi connectivity index (χ1) is 33.5. The Bertz CT molecular complexity index is 2310. The number of carbonyl (C=O) groups is 11. The maximum Gasteiger partial charge on any atom is 0.243 e. The van der Waals surface area contributed by atoms with Crippen molar-refractivity contribution in [2.75, 3.05) is 0 Å². The van der Waals surface area contributed by atoms with Crippen molar-refractivity contribution in [3.63, 3.8) is 0 Å². The van der Waals surface area contributed by atoms with E-state index in [0.29, 0.717) is 5.69 Å². The summed E-state index contributed by atoms with van der Waals surface area (Å²) in [6.07, 6.45) is -0.413. The number of rotatable bonds is 30. The number of nitrogens with two attached hydrogens (primary N) is 1. The summed E-state index contributed by atoms with van der Waals surface area (Å²) in [6, 6.07) is -7.72. The van der Waals surface area contributed by atoms with Gasteiger partial charge in [-0.15, -0.1) is 0 Å². The molecule has 0 spiro atoms. The van der Waals surface area contributed by atoms with Crippen LogP contribution in [0.4, 0.5) is 0 Å². The number of nitrogens with zero attached hydrogens (tertiary/aromatic N) is 1. The first-order valence-corrected chi connectivity index (χ1v) is 23.8. The van der Waals surface area contributed by atoms with Gasteiger partial charge < -0.3 is 91.9 Å². The zero-order valence-electron chi connectivity index (χ0n) is 40.4. The van der Waals surface area contributed by atoms with Crippen molar-refractivity contribution in [2.45, 2.75) is 135 Å². The quantitative estimate of drug-likeness (QED) is 0.0325. The van der Waals surface area contributed by atoms with Crippen molar-refractivity contribution >= 4 is 72.9 Å².